The van der Waals surface area contributed by atoms with Crippen LogP contribution in [0.2, 0.25) is 5.02 Å². The second-order valence-corrected chi connectivity index (χ2v) is 4.50. The molecule has 0 aliphatic carbocycles. The molecule has 0 amide bonds. The monoisotopic (exact) mass is 262 g/mol. The van der Waals surface area contributed by atoms with E-state index in [1.807, 2.05) is 31.2 Å². The summed E-state index contributed by atoms with van der Waals surface area (Å²) in [5, 5.41) is 0.644. The molecule has 5 heteroatoms. The number of hydrogen-bond acceptors (Lipinski definition) is 4. The van der Waals surface area contributed by atoms with E-state index in [9.17, 15) is 0 Å². The molecule has 2 rings (SSSR count). The molecule has 18 heavy (non-hydrogen) atoms. The number of nitrogens with one attached hydrogen (secondary N) is 1. The summed E-state index contributed by atoms with van der Waals surface area (Å²) in [6, 6.07) is 7.70. The third-order valence-electron chi connectivity index (χ3n) is 2.75. The van der Waals surface area contributed by atoms with E-state index in [-0.39, 0.29) is 6.04 Å². The van der Waals surface area contributed by atoms with Crippen LogP contribution in [0.15, 0.2) is 36.7 Å². The maximum absolute atomic E-state index is 6.09. The molecular formula is C13H15ClN4. The van der Waals surface area contributed by atoms with E-state index >= 15 is 0 Å². The highest BCUT2D eigenvalue weighted by Gasteiger charge is 2.13. The van der Waals surface area contributed by atoms with Crippen molar-refractivity contribution in [3.8, 4) is 0 Å². The van der Waals surface area contributed by atoms with Gasteiger partial charge in [0.1, 0.15) is 0 Å². The maximum atomic E-state index is 6.09. The zero-order valence-electron chi connectivity index (χ0n) is 10.1. The van der Waals surface area contributed by atoms with Gasteiger partial charge in [0.05, 0.1) is 16.8 Å². The van der Waals surface area contributed by atoms with Gasteiger partial charge in [-0.1, -0.05) is 17.7 Å². The fourth-order valence-corrected chi connectivity index (χ4v) is 1.99. The van der Waals surface area contributed by atoms with Crippen molar-refractivity contribution in [1.29, 1.82) is 0 Å². The predicted octanol–water partition coefficient (Wildman–Crippen LogP) is 2.19. The van der Waals surface area contributed by atoms with Crippen molar-refractivity contribution in [1.82, 2.24) is 15.4 Å². The van der Waals surface area contributed by atoms with Crippen molar-refractivity contribution in [2.75, 3.05) is 0 Å². The van der Waals surface area contributed by atoms with E-state index in [1.54, 1.807) is 12.4 Å². The van der Waals surface area contributed by atoms with E-state index in [1.165, 1.54) is 0 Å². The van der Waals surface area contributed by atoms with Crippen LogP contribution in [-0.2, 0) is 6.42 Å². The quantitative estimate of drug-likeness (QED) is 0.655. The zero-order chi connectivity index (χ0) is 13.0. The summed E-state index contributed by atoms with van der Waals surface area (Å²) < 4.78 is 0. The Morgan fingerprint density at radius 2 is 2.22 bits per heavy atom. The fraction of sp³-hybridized carbons (Fsp3) is 0.231. The Hall–Kier alpha value is -1.49. The summed E-state index contributed by atoms with van der Waals surface area (Å²) in [7, 11) is 0. The lowest BCUT2D eigenvalue weighted by Crippen LogP contribution is -2.30. The standard InChI is InChI=1S/C13H15ClN4/c1-9-3-2-4-12(17-9)13(18-15)7-10-5-6-16-8-11(10)14/h2-6,8,13,18H,7,15H2,1H3. The summed E-state index contributed by atoms with van der Waals surface area (Å²) in [6.07, 6.45) is 4.03. The lowest BCUT2D eigenvalue weighted by molar-refractivity contribution is 0.537. The highest BCUT2D eigenvalue weighted by molar-refractivity contribution is 6.31. The van der Waals surface area contributed by atoms with Crippen LogP contribution in [-0.4, -0.2) is 9.97 Å². The highest BCUT2D eigenvalue weighted by Crippen LogP contribution is 2.21. The van der Waals surface area contributed by atoms with Gasteiger partial charge in [-0.3, -0.25) is 21.2 Å². The lowest BCUT2D eigenvalue weighted by atomic mass is 10.0. The van der Waals surface area contributed by atoms with Gasteiger partial charge in [-0.05, 0) is 37.1 Å². The number of nitrogens with two attached hydrogens (primary N) is 1. The van der Waals surface area contributed by atoms with Gasteiger partial charge in [0, 0.05) is 18.1 Å². The maximum Gasteiger partial charge on any atom is 0.0673 e. The number of halogens is 1. The highest BCUT2D eigenvalue weighted by atomic mass is 35.5. The number of hydrogen-bond donors (Lipinski definition) is 2. The molecule has 0 aromatic carbocycles. The molecule has 0 bridgehead atoms. The first-order valence-electron chi connectivity index (χ1n) is 5.69. The van der Waals surface area contributed by atoms with E-state index < -0.39 is 0 Å². The van der Waals surface area contributed by atoms with E-state index in [2.05, 4.69) is 15.4 Å². The van der Waals surface area contributed by atoms with Crippen molar-refractivity contribution in [3.05, 3.63) is 58.6 Å². The Kier molecular flexibility index (Phi) is 4.25. The lowest BCUT2D eigenvalue weighted by Gasteiger charge is -2.16. The molecule has 0 saturated heterocycles. The second-order valence-electron chi connectivity index (χ2n) is 4.09. The minimum absolute atomic E-state index is 0.0650. The number of rotatable bonds is 4. The number of hydrazine groups is 1. The van der Waals surface area contributed by atoms with Gasteiger partial charge in [-0.15, -0.1) is 0 Å². The van der Waals surface area contributed by atoms with Crippen LogP contribution in [0.25, 0.3) is 0 Å². The van der Waals surface area contributed by atoms with Gasteiger partial charge < -0.3 is 0 Å². The second kappa shape index (κ2) is 5.91. The van der Waals surface area contributed by atoms with Gasteiger partial charge in [-0.2, -0.15) is 0 Å². The SMILES string of the molecule is Cc1cccc(C(Cc2ccncc2Cl)NN)n1. The van der Waals surface area contributed by atoms with Crippen molar-refractivity contribution >= 4 is 11.6 Å². The molecule has 2 aromatic rings. The molecule has 94 valence electrons. The van der Waals surface area contributed by atoms with Crippen LogP contribution in [0.1, 0.15) is 23.0 Å². The molecule has 0 saturated carbocycles. The number of pyridine rings is 2. The average molecular weight is 263 g/mol. The summed E-state index contributed by atoms with van der Waals surface area (Å²) in [4.78, 5) is 8.43. The first kappa shape index (κ1) is 13.0. The third-order valence-corrected chi connectivity index (χ3v) is 3.09. The molecule has 0 spiro atoms. The molecule has 2 heterocycles. The van der Waals surface area contributed by atoms with Crippen molar-refractivity contribution in [3.63, 3.8) is 0 Å². The van der Waals surface area contributed by atoms with Crippen LogP contribution >= 0.6 is 11.6 Å². The number of aryl methyl sites for hydroxylation is 1. The zero-order valence-corrected chi connectivity index (χ0v) is 10.9. The van der Waals surface area contributed by atoms with Crippen molar-refractivity contribution in [2.24, 2.45) is 5.84 Å². The van der Waals surface area contributed by atoms with Crippen molar-refractivity contribution < 1.29 is 0 Å². The first-order chi connectivity index (χ1) is 8.70. The Bertz CT molecular complexity index is 530. The van der Waals surface area contributed by atoms with Crippen LogP contribution in [0, 0.1) is 6.92 Å². The predicted molar refractivity (Wildman–Crippen MR) is 72.0 cm³/mol. The molecule has 0 radical (unpaired) electrons. The topological polar surface area (TPSA) is 63.8 Å². The molecule has 1 unspecified atom stereocenters. The van der Waals surface area contributed by atoms with Gasteiger partial charge in [0.15, 0.2) is 0 Å². The van der Waals surface area contributed by atoms with Crippen LogP contribution in [0.5, 0.6) is 0 Å². The van der Waals surface area contributed by atoms with E-state index in [0.29, 0.717) is 11.4 Å². The fourth-order valence-electron chi connectivity index (χ4n) is 1.80. The average Bonchev–Trinajstić information content (AvgIpc) is 2.38. The van der Waals surface area contributed by atoms with E-state index in [0.717, 1.165) is 17.0 Å². The third kappa shape index (κ3) is 3.04. The smallest absolute Gasteiger partial charge is 0.0673 e. The molecule has 1 atom stereocenters. The van der Waals surface area contributed by atoms with Gasteiger partial charge >= 0.3 is 0 Å². The van der Waals surface area contributed by atoms with Crippen LogP contribution in [0.3, 0.4) is 0 Å². The Labute approximate surface area is 111 Å². The van der Waals surface area contributed by atoms with Gasteiger partial charge in [0.2, 0.25) is 0 Å². The summed E-state index contributed by atoms with van der Waals surface area (Å²) in [6.45, 7) is 1.95. The summed E-state index contributed by atoms with van der Waals surface area (Å²) in [5.74, 6) is 5.60. The van der Waals surface area contributed by atoms with Crippen LogP contribution < -0.4 is 11.3 Å². The molecule has 4 nitrogen and oxygen atoms in total. The summed E-state index contributed by atoms with van der Waals surface area (Å²) in [5.41, 5.74) is 5.65. The number of aromatic nitrogens is 2. The van der Waals surface area contributed by atoms with Crippen LogP contribution in [0.4, 0.5) is 0 Å². The molecular weight excluding hydrogens is 248 g/mol. The molecule has 0 aliphatic rings. The Balaban J connectivity index is 2.23. The molecule has 0 fully saturated rings. The number of nitrogens with zero attached hydrogens (tertiary/aromatic N) is 2. The summed E-state index contributed by atoms with van der Waals surface area (Å²) >= 11 is 6.09. The Morgan fingerprint density at radius 3 is 2.89 bits per heavy atom. The minimum Gasteiger partial charge on any atom is -0.271 e. The molecule has 0 aliphatic heterocycles. The first-order valence-corrected chi connectivity index (χ1v) is 6.06. The Morgan fingerprint density at radius 1 is 1.39 bits per heavy atom. The van der Waals surface area contributed by atoms with Crippen molar-refractivity contribution in [2.45, 2.75) is 19.4 Å². The minimum atomic E-state index is -0.0650. The largest absolute Gasteiger partial charge is 0.271 e. The molecule has 2 aromatic heterocycles. The molecule has 3 N–H and O–H groups in total. The van der Waals surface area contributed by atoms with Gasteiger partial charge in [-0.25, -0.2) is 0 Å². The normalized spacial score (nSPS) is 12.4. The van der Waals surface area contributed by atoms with E-state index in [4.69, 9.17) is 17.4 Å². The van der Waals surface area contributed by atoms with Gasteiger partial charge in [0.25, 0.3) is 0 Å².